The molecule has 0 bridgehead atoms. The molecule has 0 aromatic heterocycles. The lowest BCUT2D eigenvalue weighted by Crippen LogP contribution is -2.50. The lowest BCUT2D eigenvalue weighted by molar-refractivity contribution is -0.140. The van der Waals surface area contributed by atoms with E-state index in [2.05, 4.69) is 5.32 Å². The number of anilines is 1. The molecule has 2 fully saturated rings. The van der Waals surface area contributed by atoms with E-state index in [9.17, 15) is 19.5 Å². The Hall–Kier alpha value is -2.99. The SMILES string of the molecule is C1CCC(NC2CCCCC2)CC1.CC(CC(=O)c1ccccc1)C(=O)N1c2ccccc2CCC1C(=O)O. The Morgan fingerprint density at radius 2 is 1.38 bits per heavy atom. The third kappa shape index (κ3) is 8.01. The summed E-state index contributed by atoms with van der Waals surface area (Å²) in [5, 5.41) is 13.4. The molecule has 6 heteroatoms. The average Bonchev–Trinajstić information content (AvgIpc) is 2.98. The number of Topliss-reactive ketones (excluding diaryl/α,β-unsaturated/α-hetero) is 1. The van der Waals surface area contributed by atoms with Crippen molar-refractivity contribution in [3.8, 4) is 0 Å². The fraction of sp³-hybridized carbons (Fsp3) is 0.545. The summed E-state index contributed by atoms with van der Waals surface area (Å²) in [5.74, 6) is -2.07. The minimum absolute atomic E-state index is 0.0495. The van der Waals surface area contributed by atoms with Gasteiger partial charge in [-0.05, 0) is 50.2 Å². The van der Waals surface area contributed by atoms with Crippen molar-refractivity contribution in [1.82, 2.24) is 5.32 Å². The largest absolute Gasteiger partial charge is 0.480 e. The summed E-state index contributed by atoms with van der Waals surface area (Å²) < 4.78 is 0. The first-order valence-corrected chi connectivity index (χ1v) is 14.9. The maximum Gasteiger partial charge on any atom is 0.326 e. The molecule has 0 radical (unpaired) electrons. The van der Waals surface area contributed by atoms with Crippen LogP contribution in [0.25, 0.3) is 0 Å². The molecule has 2 aromatic carbocycles. The molecule has 210 valence electrons. The lowest BCUT2D eigenvalue weighted by atomic mass is 9.91. The Kier molecular flexibility index (Phi) is 10.7. The Labute approximate surface area is 233 Å². The van der Waals surface area contributed by atoms with E-state index in [-0.39, 0.29) is 18.1 Å². The van der Waals surface area contributed by atoms with Crippen molar-refractivity contribution in [2.24, 2.45) is 5.92 Å². The minimum atomic E-state index is -1.02. The van der Waals surface area contributed by atoms with Crippen LogP contribution in [-0.4, -0.2) is 40.9 Å². The molecule has 0 saturated heterocycles. The maximum absolute atomic E-state index is 13.1. The molecule has 1 aliphatic heterocycles. The Bertz CT molecular complexity index is 1070. The molecule has 6 nitrogen and oxygen atoms in total. The first-order chi connectivity index (χ1) is 18.9. The van der Waals surface area contributed by atoms with Gasteiger partial charge in [0.15, 0.2) is 5.78 Å². The lowest BCUT2D eigenvalue weighted by Gasteiger charge is -2.36. The van der Waals surface area contributed by atoms with Crippen LogP contribution >= 0.6 is 0 Å². The van der Waals surface area contributed by atoms with E-state index >= 15 is 0 Å². The van der Waals surface area contributed by atoms with Crippen molar-refractivity contribution < 1.29 is 19.5 Å². The molecule has 2 aromatic rings. The third-order valence-electron chi connectivity index (χ3n) is 8.46. The van der Waals surface area contributed by atoms with Gasteiger partial charge >= 0.3 is 5.97 Å². The Morgan fingerprint density at radius 3 is 1.97 bits per heavy atom. The number of carboxylic acid groups (broad SMARTS) is 1. The molecule has 5 rings (SSSR count). The van der Waals surface area contributed by atoms with E-state index in [1.54, 1.807) is 43.3 Å². The number of aliphatic carboxylic acids is 1. The number of carboxylic acids is 1. The van der Waals surface area contributed by atoms with Crippen LogP contribution in [0.2, 0.25) is 0 Å². The van der Waals surface area contributed by atoms with Crippen LogP contribution < -0.4 is 10.2 Å². The van der Waals surface area contributed by atoms with Crippen LogP contribution in [0.3, 0.4) is 0 Å². The van der Waals surface area contributed by atoms with Crippen molar-refractivity contribution >= 4 is 23.3 Å². The molecular weight excluding hydrogens is 488 g/mol. The van der Waals surface area contributed by atoms with E-state index in [0.717, 1.165) is 17.6 Å². The molecule has 2 saturated carbocycles. The maximum atomic E-state index is 13.1. The van der Waals surface area contributed by atoms with E-state index < -0.39 is 17.9 Å². The molecular formula is C33H44N2O4. The zero-order valence-corrected chi connectivity index (χ0v) is 23.3. The highest BCUT2D eigenvalue weighted by Gasteiger charge is 2.37. The van der Waals surface area contributed by atoms with Crippen LogP contribution in [0, 0.1) is 5.92 Å². The number of rotatable bonds is 7. The second kappa shape index (κ2) is 14.4. The molecule has 0 spiro atoms. The van der Waals surface area contributed by atoms with Crippen molar-refractivity contribution in [3.63, 3.8) is 0 Å². The van der Waals surface area contributed by atoms with Crippen molar-refractivity contribution in [1.29, 1.82) is 0 Å². The zero-order chi connectivity index (χ0) is 27.6. The highest BCUT2D eigenvalue weighted by Crippen LogP contribution is 2.32. The van der Waals surface area contributed by atoms with Crippen LogP contribution in [0.1, 0.15) is 99.9 Å². The quantitative estimate of drug-likeness (QED) is 0.394. The summed E-state index contributed by atoms with van der Waals surface area (Å²) in [6.45, 7) is 1.68. The number of benzene rings is 2. The number of amides is 1. The molecule has 1 amide bonds. The normalized spacial score (nSPS) is 20.7. The number of nitrogens with one attached hydrogen (secondary N) is 1. The van der Waals surface area contributed by atoms with Gasteiger partial charge < -0.3 is 10.4 Å². The van der Waals surface area contributed by atoms with Crippen molar-refractivity contribution in [2.75, 3.05) is 4.90 Å². The van der Waals surface area contributed by atoms with Crippen molar-refractivity contribution in [3.05, 3.63) is 65.7 Å². The second-order valence-electron chi connectivity index (χ2n) is 11.5. The van der Waals surface area contributed by atoms with Gasteiger partial charge in [0.2, 0.25) is 5.91 Å². The summed E-state index contributed by atoms with van der Waals surface area (Å²) in [4.78, 5) is 38.5. The predicted molar refractivity (Wildman–Crippen MR) is 155 cm³/mol. The standard InChI is InChI=1S/C21H21NO4.C12H23N/c1-14(13-19(23)16-8-3-2-4-9-16)20(24)22-17-10-6-5-7-15(17)11-12-18(22)21(25)26;1-3-7-11(8-4-1)13-12-9-5-2-6-10-12/h2-10,14,18H,11-13H2,1H3,(H,25,26);11-13H,1-10H2. The predicted octanol–water partition coefficient (Wildman–Crippen LogP) is 6.57. The zero-order valence-electron chi connectivity index (χ0n) is 23.3. The number of fused-ring (bicyclic) bond motifs is 1. The van der Waals surface area contributed by atoms with Crippen LogP contribution in [0.5, 0.6) is 0 Å². The van der Waals surface area contributed by atoms with Gasteiger partial charge in [0.1, 0.15) is 6.04 Å². The first-order valence-electron chi connectivity index (χ1n) is 14.9. The first kappa shape index (κ1) is 29.0. The topological polar surface area (TPSA) is 86.7 Å². The minimum Gasteiger partial charge on any atom is -0.480 e. The summed E-state index contributed by atoms with van der Waals surface area (Å²) >= 11 is 0. The van der Waals surface area contributed by atoms with Crippen molar-refractivity contribution in [2.45, 2.75) is 109 Å². The number of carbonyl (C=O) groups is 3. The molecule has 2 aliphatic carbocycles. The van der Waals surface area contributed by atoms with Gasteiger partial charge in [-0.2, -0.15) is 0 Å². The molecule has 39 heavy (non-hydrogen) atoms. The molecule has 2 unspecified atom stereocenters. The average molecular weight is 533 g/mol. The summed E-state index contributed by atoms with van der Waals surface area (Å²) in [6.07, 6.45) is 15.6. The van der Waals surface area contributed by atoms with E-state index in [4.69, 9.17) is 0 Å². The number of para-hydroxylation sites is 1. The molecule has 1 heterocycles. The molecule has 2 atom stereocenters. The second-order valence-corrected chi connectivity index (χ2v) is 11.5. The Balaban J connectivity index is 0.000000226. The smallest absolute Gasteiger partial charge is 0.326 e. The number of hydrogen-bond acceptors (Lipinski definition) is 4. The highest BCUT2D eigenvalue weighted by atomic mass is 16.4. The van der Waals surface area contributed by atoms with Gasteiger partial charge in [-0.3, -0.25) is 14.5 Å². The fourth-order valence-electron chi connectivity index (χ4n) is 6.27. The van der Waals surface area contributed by atoms with Gasteiger partial charge in [-0.25, -0.2) is 4.79 Å². The number of ketones is 1. The summed E-state index contributed by atoms with van der Waals surface area (Å²) in [7, 11) is 0. The Morgan fingerprint density at radius 1 is 0.821 bits per heavy atom. The van der Waals surface area contributed by atoms with E-state index in [0.29, 0.717) is 24.1 Å². The monoisotopic (exact) mass is 532 g/mol. The summed E-state index contributed by atoms with van der Waals surface area (Å²) in [5.41, 5.74) is 2.15. The van der Waals surface area contributed by atoms with Crippen LogP contribution in [0.4, 0.5) is 5.69 Å². The van der Waals surface area contributed by atoms with Gasteiger partial charge in [-0.1, -0.05) is 94.0 Å². The van der Waals surface area contributed by atoms with Crippen LogP contribution in [0.15, 0.2) is 54.6 Å². The molecule has 2 N–H and O–H groups in total. The summed E-state index contributed by atoms with van der Waals surface area (Å²) in [6, 6.07) is 17.0. The van der Waals surface area contributed by atoms with E-state index in [1.165, 1.54) is 69.1 Å². The van der Waals surface area contributed by atoms with Gasteiger partial charge in [0, 0.05) is 35.7 Å². The number of hydrogen-bond donors (Lipinski definition) is 2. The number of carbonyl (C=O) groups excluding carboxylic acids is 2. The highest BCUT2D eigenvalue weighted by molar-refractivity contribution is 6.05. The fourth-order valence-corrected chi connectivity index (χ4v) is 6.27. The van der Waals surface area contributed by atoms with Crippen LogP contribution in [-0.2, 0) is 16.0 Å². The van der Waals surface area contributed by atoms with Gasteiger partial charge in [0.25, 0.3) is 0 Å². The van der Waals surface area contributed by atoms with Gasteiger partial charge in [0.05, 0.1) is 0 Å². The molecule has 3 aliphatic rings. The van der Waals surface area contributed by atoms with Gasteiger partial charge in [-0.15, -0.1) is 0 Å². The van der Waals surface area contributed by atoms with E-state index in [1.807, 2.05) is 18.2 Å². The number of aryl methyl sites for hydroxylation is 1. The number of nitrogens with zero attached hydrogens (tertiary/aromatic N) is 1. The third-order valence-corrected chi connectivity index (χ3v) is 8.46.